The van der Waals surface area contributed by atoms with Gasteiger partial charge >= 0.3 is 0 Å². The fourth-order valence-electron chi connectivity index (χ4n) is 2.26. The maximum Gasteiger partial charge on any atom is 0.255 e. The van der Waals surface area contributed by atoms with Crippen molar-refractivity contribution in [3.8, 4) is 11.5 Å². The van der Waals surface area contributed by atoms with E-state index in [0.29, 0.717) is 23.1 Å². The highest BCUT2D eigenvalue weighted by atomic mass is 35.5. The minimum absolute atomic E-state index is 0.252. The first kappa shape index (κ1) is 17.9. The zero-order chi connectivity index (χ0) is 17.5. The van der Waals surface area contributed by atoms with Gasteiger partial charge in [-0.25, -0.2) is 0 Å². The molecule has 0 radical (unpaired) electrons. The lowest BCUT2D eigenvalue weighted by atomic mass is 10.1. The van der Waals surface area contributed by atoms with Crippen LogP contribution in [0.15, 0.2) is 36.4 Å². The van der Waals surface area contributed by atoms with Crippen molar-refractivity contribution in [1.29, 1.82) is 0 Å². The van der Waals surface area contributed by atoms with Crippen LogP contribution in [0, 0.1) is 0 Å². The number of amides is 1. The molecule has 128 valence electrons. The predicted molar refractivity (Wildman–Crippen MR) is 95.8 cm³/mol. The Morgan fingerprint density at radius 1 is 1.25 bits per heavy atom. The molecule has 0 bridgehead atoms. The number of aryl methyl sites for hydroxylation is 1. The summed E-state index contributed by atoms with van der Waals surface area (Å²) in [5, 5.41) is 3.72. The van der Waals surface area contributed by atoms with Crippen molar-refractivity contribution < 1.29 is 14.3 Å². The number of hydrogen-bond acceptors (Lipinski definition) is 4. The van der Waals surface area contributed by atoms with Crippen molar-refractivity contribution in [1.82, 2.24) is 0 Å². The van der Waals surface area contributed by atoms with Gasteiger partial charge in [0.25, 0.3) is 5.91 Å². The Morgan fingerprint density at radius 2 is 2.04 bits per heavy atom. The maximum absolute atomic E-state index is 10.9. The van der Waals surface area contributed by atoms with Gasteiger partial charge in [0, 0.05) is 12.2 Å². The maximum atomic E-state index is 10.9. The first-order chi connectivity index (χ1) is 11.5. The van der Waals surface area contributed by atoms with E-state index in [1.165, 1.54) is 12.7 Å². The summed E-state index contributed by atoms with van der Waals surface area (Å²) in [5.74, 6) is 0.201. The van der Waals surface area contributed by atoms with E-state index >= 15 is 0 Å². The summed E-state index contributed by atoms with van der Waals surface area (Å²) in [5.41, 5.74) is 8.33. The number of primary amides is 1. The normalized spacial score (nSPS) is 10.3. The zero-order valence-corrected chi connectivity index (χ0v) is 14.5. The molecular formula is C18H21ClN2O3. The van der Waals surface area contributed by atoms with Gasteiger partial charge in [0.1, 0.15) is 0 Å². The van der Waals surface area contributed by atoms with Crippen molar-refractivity contribution in [2.45, 2.75) is 19.9 Å². The van der Waals surface area contributed by atoms with Crippen LogP contribution in [-0.2, 0) is 17.8 Å². The highest BCUT2D eigenvalue weighted by Crippen LogP contribution is 2.36. The number of hydrogen-bond donors (Lipinski definition) is 2. The van der Waals surface area contributed by atoms with Crippen LogP contribution >= 0.6 is 11.6 Å². The molecule has 0 aliphatic rings. The molecule has 2 aromatic rings. The van der Waals surface area contributed by atoms with Gasteiger partial charge in [-0.1, -0.05) is 30.7 Å². The lowest BCUT2D eigenvalue weighted by Crippen LogP contribution is -2.20. The molecular weight excluding hydrogens is 328 g/mol. The Balaban J connectivity index is 2.13. The molecule has 0 aliphatic carbocycles. The molecule has 0 fully saturated rings. The van der Waals surface area contributed by atoms with E-state index in [4.69, 9.17) is 26.8 Å². The summed E-state index contributed by atoms with van der Waals surface area (Å²) in [4.78, 5) is 10.9. The average Bonchev–Trinajstić information content (AvgIpc) is 2.58. The number of nitrogens with two attached hydrogens (primary N) is 1. The number of methoxy groups -OCH3 is 1. The molecule has 24 heavy (non-hydrogen) atoms. The largest absolute Gasteiger partial charge is 0.493 e. The number of anilines is 1. The minimum Gasteiger partial charge on any atom is -0.493 e. The van der Waals surface area contributed by atoms with E-state index in [1.807, 2.05) is 18.2 Å². The number of carbonyl (C=O) groups excluding carboxylic acids is 1. The molecule has 0 atom stereocenters. The highest BCUT2D eigenvalue weighted by molar-refractivity contribution is 6.32. The summed E-state index contributed by atoms with van der Waals surface area (Å²) >= 11 is 6.24. The first-order valence-corrected chi connectivity index (χ1v) is 8.01. The molecule has 0 spiro atoms. The summed E-state index contributed by atoms with van der Waals surface area (Å²) < 4.78 is 10.6. The van der Waals surface area contributed by atoms with Gasteiger partial charge in [0.2, 0.25) is 0 Å². The van der Waals surface area contributed by atoms with Crippen molar-refractivity contribution in [2.24, 2.45) is 5.73 Å². The van der Waals surface area contributed by atoms with Crippen molar-refractivity contribution in [2.75, 3.05) is 19.0 Å². The topological polar surface area (TPSA) is 73.6 Å². The van der Waals surface area contributed by atoms with Crippen LogP contribution in [0.2, 0.25) is 5.02 Å². The van der Waals surface area contributed by atoms with Crippen molar-refractivity contribution in [3.05, 3.63) is 52.5 Å². The Kier molecular flexibility index (Phi) is 6.32. The van der Waals surface area contributed by atoms with E-state index in [9.17, 15) is 4.79 Å². The third-order valence-corrected chi connectivity index (χ3v) is 3.76. The summed E-state index contributed by atoms with van der Waals surface area (Å²) in [7, 11) is 1.52. The Hall–Kier alpha value is -2.40. The quantitative estimate of drug-likeness (QED) is 0.767. The molecule has 0 saturated carbocycles. The molecule has 2 aromatic carbocycles. The van der Waals surface area contributed by atoms with Gasteiger partial charge in [0.15, 0.2) is 18.1 Å². The van der Waals surface area contributed by atoms with E-state index in [1.54, 1.807) is 6.07 Å². The van der Waals surface area contributed by atoms with Crippen LogP contribution in [0.3, 0.4) is 0 Å². The number of benzene rings is 2. The molecule has 2 rings (SSSR count). The van der Waals surface area contributed by atoms with E-state index in [2.05, 4.69) is 24.4 Å². The van der Waals surface area contributed by atoms with Crippen LogP contribution in [-0.4, -0.2) is 19.6 Å². The van der Waals surface area contributed by atoms with Crippen LogP contribution in [0.1, 0.15) is 18.1 Å². The number of ether oxygens (including phenoxy) is 2. The standard InChI is InChI=1S/C18H21ClN2O3/c1-3-12-5-4-6-14(7-12)21-10-13-8-15(19)18(16(9-13)23-2)24-11-17(20)22/h4-9,21H,3,10-11H2,1-2H3,(H2,20,22). The van der Waals surface area contributed by atoms with Crippen LogP contribution in [0.25, 0.3) is 0 Å². The van der Waals surface area contributed by atoms with E-state index in [0.717, 1.165) is 17.7 Å². The fourth-order valence-corrected chi connectivity index (χ4v) is 2.55. The monoisotopic (exact) mass is 348 g/mol. The number of nitrogens with one attached hydrogen (secondary N) is 1. The SMILES string of the molecule is CCc1cccc(NCc2cc(Cl)c(OCC(N)=O)c(OC)c2)c1. The summed E-state index contributed by atoms with van der Waals surface area (Å²) in [6.07, 6.45) is 0.987. The van der Waals surface area contributed by atoms with Gasteiger partial charge in [-0.05, 0) is 41.8 Å². The van der Waals surface area contributed by atoms with Gasteiger partial charge in [0.05, 0.1) is 12.1 Å². The van der Waals surface area contributed by atoms with Crippen LogP contribution in [0.4, 0.5) is 5.69 Å². The number of carbonyl (C=O) groups is 1. The second kappa shape index (κ2) is 8.45. The molecule has 0 unspecified atom stereocenters. The van der Waals surface area contributed by atoms with Gasteiger partial charge in [-0.3, -0.25) is 4.79 Å². The molecule has 3 N–H and O–H groups in total. The average molecular weight is 349 g/mol. The van der Waals surface area contributed by atoms with Gasteiger partial charge in [-0.15, -0.1) is 0 Å². The number of rotatable bonds is 8. The van der Waals surface area contributed by atoms with E-state index < -0.39 is 5.91 Å². The lowest BCUT2D eigenvalue weighted by Gasteiger charge is -2.14. The molecule has 0 heterocycles. The fraction of sp³-hybridized carbons (Fsp3) is 0.278. The van der Waals surface area contributed by atoms with Crippen LogP contribution in [0.5, 0.6) is 11.5 Å². The van der Waals surface area contributed by atoms with Crippen molar-refractivity contribution >= 4 is 23.2 Å². The summed E-state index contributed by atoms with van der Waals surface area (Å²) in [6.45, 7) is 2.45. The van der Waals surface area contributed by atoms with Gasteiger partial charge in [-0.2, -0.15) is 0 Å². The molecule has 5 nitrogen and oxygen atoms in total. The first-order valence-electron chi connectivity index (χ1n) is 7.63. The van der Waals surface area contributed by atoms with Crippen molar-refractivity contribution in [3.63, 3.8) is 0 Å². The highest BCUT2D eigenvalue weighted by Gasteiger charge is 2.13. The number of halogens is 1. The summed E-state index contributed by atoms with van der Waals surface area (Å²) in [6, 6.07) is 11.8. The van der Waals surface area contributed by atoms with Gasteiger partial charge < -0.3 is 20.5 Å². The molecule has 6 heteroatoms. The smallest absolute Gasteiger partial charge is 0.255 e. The lowest BCUT2D eigenvalue weighted by molar-refractivity contribution is -0.119. The Bertz CT molecular complexity index is 719. The Labute approximate surface area is 146 Å². The second-order valence-corrected chi connectivity index (χ2v) is 5.68. The Morgan fingerprint density at radius 3 is 2.71 bits per heavy atom. The molecule has 0 aliphatic heterocycles. The third-order valence-electron chi connectivity index (χ3n) is 3.48. The second-order valence-electron chi connectivity index (χ2n) is 5.27. The van der Waals surface area contributed by atoms with Crippen LogP contribution < -0.4 is 20.5 Å². The molecule has 0 aromatic heterocycles. The predicted octanol–water partition coefficient (Wildman–Crippen LogP) is 3.39. The zero-order valence-electron chi connectivity index (χ0n) is 13.8. The molecule has 1 amide bonds. The third kappa shape index (κ3) is 4.80. The minimum atomic E-state index is -0.574. The molecule has 0 saturated heterocycles. The van der Waals surface area contributed by atoms with E-state index in [-0.39, 0.29) is 6.61 Å².